The summed E-state index contributed by atoms with van der Waals surface area (Å²) in [6.45, 7) is 3.27. The van der Waals surface area contributed by atoms with E-state index in [0.29, 0.717) is 11.1 Å². The summed E-state index contributed by atoms with van der Waals surface area (Å²) in [6.07, 6.45) is 1.09. The van der Waals surface area contributed by atoms with Gasteiger partial charge in [0.05, 0.1) is 4.92 Å². The van der Waals surface area contributed by atoms with Gasteiger partial charge in [0, 0.05) is 11.6 Å². The van der Waals surface area contributed by atoms with Gasteiger partial charge in [-0.1, -0.05) is 12.1 Å². The molecule has 1 N–H and O–H groups in total. The topological polar surface area (TPSA) is 103 Å². The first-order valence-electron chi connectivity index (χ1n) is 6.02. The molecule has 0 radical (unpaired) electrons. The summed E-state index contributed by atoms with van der Waals surface area (Å²) in [5.74, 6) is -0.840. The van der Waals surface area contributed by atoms with Crippen molar-refractivity contribution in [1.82, 2.24) is 4.98 Å². The van der Waals surface area contributed by atoms with Crippen molar-refractivity contribution in [2.75, 3.05) is 0 Å². The molecule has 21 heavy (non-hydrogen) atoms. The number of carboxylic acid groups (broad SMARTS) is 1. The maximum atomic E-state index is 11.2. The monoisotopic (exact) mass is 288 g/mol. The van der Waals surface area contributed by atoms with E-state index in [1.807, 2.05) is 0 Å². The number of nitro groups is 1. The molecule has 0 saturated heterocycles. The average Bonchev–Trinajstić information content (AvgIpc) is 2.40. The number of rotatable bonds is 4. The molecule has 2 rings (SSSR count). The molecule has 0 aliphatic carbocycles. The molecule has 108 valence electrons. The molecule has 0 spiro atoms. The van der Waals surface area contributed by atoms with Gasteiger partial charge in [-0.15, -0.1) is 0 Å². The number of hydrogen-bond acceptors (Lipinski definition) is 5. The zero-order chi connectivity index (χ0) is 15.6. The van der Waals surface area contributed by atoms with Gasteiger partial charge in [0.15, 0.2) is 0 Å². The Morgan fingerprint density at radius 3 is 2.62 bits per heavy atom. The maximum Gasteiger partial charge on any atom is 0.339 e. The molecular weight excluding hydrogens is 276 g/mol. The van der Waals surface area contributed by atoms with Crippen molar-refractivity contribution in [3.8, 4) is 11.6 Å². The lowest BCUT2D eigenvalue weighted by atomic mass is 10.1. The number of aromatic nitrogens is 1. The third kappa shape index (κ3) is 2.97. The van der Waals surface area contributed by atoms with Gasteiger partial charge in [0.2, 0.25) is 5.88 Å². The normalized spacial score (nSPS) is 10.2. The number of aromatic carboxylic acids is 1. The van der Waals surface area contributed by atoms with Gasteiger partial charge in [-0.2, -0.15) is 0 Å². The molecule has 1 aromatic heterocycles. The molecule has 0 fully saturated rings. The fourth-order valence-corrected chi connectivity index (χ4v) is 1.83. The van der Waals surface area contributed by atoms with Gasteiger partial charge in [-0.05, 0) is 25.5 Å². The molecular formula is C14H12N2O5. The second-order valence-electron chi connectivity index (χ2n) is 4.42. The Balaban J connectivity index is 2.41. The molecule has 0 saturated carbocycles. The van der Waals surface area contributed by atoms with E-state index in [1.165, 1.54) is 12.1 Å². The van der Waals surface area contributed by atoms with Crippen LogP contribution >= 0.6 is 0 Å². The summed E-state index contributed by atoms with van der Waals surface area (Å²) in [5.41, 5.74) is 0.904. The van der Waals surface area contributed by atoms with Crippen LogP contribution in [0.25, 0.3) is 0 Å². The zero-order valence-electron chi connectivity index (χ0n) is 11.4. The third-order valence-corrected chi connectivity index (χ3v) is 2.90. The van der Waals surface area contributed by atoms with Crippen LogP contribution in [0.2, 0.25) is 0 Å². The maximum absolute atomic E-state index is 11.2. The fraction of sp³-hybridized carbons (Fsp3) is 0.143. The third-order valence-electron chi connectivity index (χ3n) is 2.90. The Kier molecular flexibility index (Phi) is 3.84. The molecule has 0 bridgehead atoms. The number of aryl methyl sites for hydroxylation is 2. The predicted molar refractivity (Wildman–Crippen MR) is 73.8 cm³/mol. The van der Waals surface area contributed by atoms with Crippen molar-refractivity contribution >= 4 is 11.7 Å². The molecule has 0 aliphatic heterocycles. The largest absolute Gasteiger partial charge is 0.478 e. The fourth-order valence-electron chi connectivity index (χ4n) is 1.83. The second kappa shape index (κ2) is 5.58. The second-order valence-corrected chi connectivity index (χ2v) is 4.42. The Labute approximate surface area is 120 Å². The van der Waals surface area contributed by atoms with E-state index < -0.39 is 10.9 Å². The number of carboxylic acids is 1. The van der Waals surface area contributed by atoms with E-state index in [2.05, 4.69) is 4.98 Å². The van der Waals surface area contributed by atoms with Gasteiger partial charge in [-0.25, -0.2) is 9.78 Å². The first-order chi connectivity index (χ1) is 9.90. The molecule has 2 aromatic rings. The van der Waals surface area contributed by atoms with Gasteiger partial charge in [-0.3, -0.25) is 10.1 Å². The number of benzene rings is 1. The molecule has 0 aliphatic rings. The van der Waals surface area contributed by atoms with Crippen LogP contribution in [-0.4, -0.2) is 21.0 Å². The number of carbonyl (C=O) groups is 1. The summed E-state index contributed by atoms with van der Waals surface area (Å²) in [4.78, 5) is 25.2. The van der Waals surface area contributed by atoms with Crippen LogP contribution < -0.4 is 4.74 Å². The number of hydrogen-bond donors (Lipinski definition) is 1. The Hall–Kier alpha value is -2.96. The minimum absolute atomic E-state index is 0.00723. The van der Waals surface area contributed by atoms with Crippen LogP contribution in [-0.2, 0) is 0 Å². The van der Waals surface area contributed by atoms with Crippen molar-refractivity contribution in [1.29, 1.82) is 0 Å². The highest BCUT2D eigenvalue weighted by atomic mass is 16.6. The van der Waals surface area contributed by atoms with Gasteiger partial charge in [0.25, 0.3) is 5.69 Å². The lowest BCUT2D eigenvalue weighted by Crippen LogP contribution is -2.02. The van der Waals surface area contributed by atoms with E-state index in [1.54, 1.807) is 26.0 Å². The van der Waals surface area contributed by atoms with Gasteiger partial charge < -0.3 is 9.84 Å². The predicted octanol–water partition coefficient (Wildman–Crippen LogP) is 3.10. The quantitative estimate of drug-likeness (QED) is 0.685. The van der Waals surface area contributed by atoms with E-state index in [0.717, 1.165) is 6.20 Å². The summed E-state index contributed by atoms with van der Waals surface area (Å²) >= 11 is 0. The molecule has 0 atom stereocenters. The lowest BCUT2D eigenvalue weighted by Gasteiger charge is -2.11. The van der Waals surface area contributed by atoms with Crippen LogP contribution in [0.3, 0.4) is 0 Å². The standard InChI is InChI=1S/C14H12N2O5/c1-8-4-3-5-10(14(17)18)13(8)21-12-6-9(2)11(7-15-12)16(19)20/h3-7H,1-2H3,(H,17,18). The Bertz CT molecular complexity index is 727. The molecule has 0 amide bonds. The van der Waals surface area contributed by atoms with Crippen LogP contribution in [0.1, 0.15) is 21.5 Å². The van der Waals surface area contributed by atoms with E-state index >= 15 is 0 Å². The number of pyridine rings is 1. The van der Waals surface area contributed by atoms with E-state index in [-0.39, 0.29) is 22.9 Å². The summed E-state index contributed by atoms with van der Waals surface area (Å²) in [5, 5.41) is 19.9. The summed E-state index contributed by atoms with van der Waals surface area (Å²) in [7, 11) is 0. The highest BCUT2D eigenvalue weighted by Crippen LogP contribution is 2.29. The first kappa shape index (κ1) is 14.4. The van der Waals surface area contributed by atoms with E-state index in [9.17, 15) is 14.9 Å². The number of nitrogens with zero attached hydrogens (tertiary/aromatic N) is 2. The van der Waals surface area contributed by atoms with Crippen molar-refractivity contribution in [2.24, 2.45) is 0 Å². The highest BCUT2D eigenvalue weighted by Gasteiger charge is 2.17. The number of ether oxygens (including phenoxy) is 1. The lowest BCUT2D eigenvalue weighted by molar-refractivity contribution is -0.385. The Morgan fingerprint density at radius 2 is 2.05 bits per heavy atom. The van der Waals surface area contributed by atoms with E-state index in [4.69, 9.17) is 9.84 Å². The van der Waals surface area contributed by atoms with Crippen LogP contribution in [0.5, 0.6) is 11.6 Å². The van der Waals surface area contributed by atoms with Gasteiger partial charge >= 0.3 is 5.97 Å². The summed E-state index contributed by atoms with van der Waals surface area (Å²) < 4.78 is 5.50. The van der Waals surface area contributed by atoms with Crippen molar-refractivity contribution in [2.45, 2.75) is 13.8 Å². The molecule has 7 nitrogen and oxygen atoms in total. The highest BCUT2D eigenvalue weighted by molar-refractivity contribution is 5.91. The van der Waals surface area contributed by atoms with Crippen LogP contribution in [0.4, 0.5) is 5.69 Å². The van der Waals surface area contributed by atoms with Crippen LogP contribution in [0.15, 0.2) is 30.5 Å². The minimum atomic E-state index is -1.12. The van der Waals surface area contributed by atoms with Gasteiger partial charge in [0.1, 0.15) is 17.5 Å². The van der Waals surface area contributed by atoms with Crippen molar-refractivity contribution < 1.29 is 19.6 Å². The van der Waals surface area contributed by atoms with Crippen molar-refractivity contribution in [3.05, 3.63) is 57.3 Å². The average molecular weight is 288 g/mol. The smallest absolute Gasteiger partial charge is 0.339 e. The molecule has 0 unspecified atom stereocenters. The molecule has 1 aromatic carbocycles. The molecule has 1 heterocycles. The zero-order valence-corrected chi connectivity index (χ0v) is 11.4. The van der Waals surface area contributed by atoms with Crippen LogP contribution in [0, 0.1) is 24.0 Å². The Morgan fingerprint density at radius 1 is 1.33 bits per heavy atom. The summed E-state index contributed by atoms with van der Waals surface area (Å²) in [6, 6.07) is 6.14. The molecule has 7 heteroatoms. The first-order valence-corrected chi connectivity index (χ1v) is 6.02. The minimum Gasteiger partial charge on any atom is -0.478 e. The SMILES string of the molecule is Cc1cc(Oc2c(C)cccc2C(=O)O)ncc1[N+](=O)[O-]. The number of para-hydroxylation sites is 1. The van der Waals surface area contributed by atoms with Crippen molar-refractivity contribution in [3.63, 3.8) is 0 Å².